The lowest BCUT2D eigenvalue weighted by Gasteiger charge is -2.27. The Bertz CT molecular complexity index is 661. The summed E-state index contributed by atoms with van der Waals surface area (Å²) in [6, 6.07) is 8.92. The maximum atomic E-state index is 6.26. The van der Waals surface area contributed by atoms with Gasteiger partial charge in [-0.25, -0.2) is 0 Å². The van der Waals surface area contributed by atoms with Crippen molar-refractivity contribution in [2.45, 2.75) is 50.5 Å². The first kappa shape index (κ1) is 15.2. The Hall–Kier alpha value is -1.32. The van der Waals surface area contributed by atoms with Crippen LogP contribution in [0.2, 0.25) is 0 Å². The molecular weight excluding hydrogens is 282 g/mol. The van der Waals surface area contributed by atoms with Crippen molar-refractivity contribution in [1.82, 2.24) is 9.47 Å². The van der Waals surface area contributed by atoms with E-state index in [-0.39, 0.29) is 5.41 Å². The van der Waals surface area contributed by atoms with Crippen LogP contribution < -0.4 is 5.73 Å². The zero-order valence-electron chi connectivity index (χ0n) is 14.1. The van der Waals surface area contributed by atoms with E-state index in [2.05, 4.69) is 39.9 Å². The zero-order chi connectivity index (χ0) is 15.7. The quantitative estimate of drug-likeness (QED) is 0.917. The molecule has 2 fully saturated rings. The second-order valence-electron chi connectivity index (χ2n) is 7.49. The van der Waals surface area contributed by atoms with Crippen molar-refractivity contribution in [3.8, 4) is 0 Å². The van der Waals surface area contributed by atoms with Crippen LogP contribution in [0.15, 0.2) is 30.5 Å². The van der Waals surface area contributed by atoms with Gasteiger partial charge in [0.25, 0.3) is 0 Å². The van der Waals surface area contributed by atoms with E-state index in [1.54, 1.807) is 0 Å². The molecular formula is C20H29N3. The van der Waals surface area contributed by atoms with Gasteiger partial charge < -0.3 is 15.2 Å². The summed E-state index contributed by atoms with van der Waals surface area (Å²) in [4.78, 5) is 2.60. The topological polar surface area (TPSA) is 34.2 Å². The highest BCUT2D eigenvalue weighted by atomic mass is 15.2. The summed E-state index contributed by atoms with van der Waals surface area (Å²) >= 11 is 0. The van der Waals surface area contributed by atoms with Crippen molar-refractivity contribution in [2.24, 2.45) is 5.73 Å². The van der Waals surface area contributed by atoms with E-state index < -0.39 is 0 Å². The molecule has 1 saturated carbocycles. The van der Waals surface area contributed by atoms with Gasteiger partial charge in [0.15, 0.2) is 0 Å². The molecule has 1 aromatic heterocycles. The Morgan fingerprint density at radius 1 is 0.957 bits per heavy atom. The lowest BCUT2D eigenvalue weighted by molar-refractivity contribution is 0.324. The highest BCUT2D eigenvalue weighted by Crippen LogP contribution is 2.43. The van der Waals surface area contributed by atoms with Crippen molar-refractivity contribution < 1.29 is 0 Å². The van der Waals surface area contributed by atoms with Crippen LogP contribution in [0.4, 0.5) is 0 Å². The first-order valence-corrected chi connectivity index (χ1v) is 9.33. The third kappa shape index (κ3) is 2.70. The van der Waals surface area contributed by atoms with Gasteiger partial charge in [-0.1, -0.05) is 31.0 Å². The summed E-state index contributed by atoms with van der Waals surface area (Å²) in [6.45, 7) is 5.61. The molecule has 3 heteroatoms. The molecule has 0 atom stereocenters. The minimum absolute atomic E-state index is 0.221. The molecule has 0 bridgehead atoms. The van der Waals surface area contributed by atoms with Crippen molar-refractivity contribution in [3.63, 3.8) is 0 Å². The van der Waals surface area contributed by atoms with E-state index in [1.165, 1.54) is 74.6 Å². The van der Waals surface area contributed by atoms with E-state index in [0.29, 0.717) is 0 Å². The van der Waals surface area contributed by atoms with E-state index in [4.69, 9.17) is 5.73 Å². The molecule has 1 aliphatic heterocycles. The number of benzene rings is 1. The van der Waals surface area contributed by atoms with E-state index in [1.807, 2.05) is 0 Å². The van der Waals surface area contributed by atoms with Crippen LogP contribution in [0.5, 0.6) is 0 Å². The standard InChI is InChI=1S/C20H29N3/c21-16-20(9-3-4-10-20)18-15-23(14-13-22-11-5-6-12-22)19-8-2-1-7-17(18)19/h1-2,7-8,15H,3-6,9-14,16,21H2. The maximum absolute atomic E-state index is 6.26. The van der Waals surface area contributed by atoms with Gasteiger partial charge in [0, 0.05) is 42.1 Å². The fourth-order valence-electron chi connectivity index (χ4n) is 4.74. The Morgan fingerprint density at radius 2 is 1.70 bits per heavy atom. The van der Waals surface area contributed by atoms with Gasteiger partial charge in [-0.2, -0.15) is 0 Å². The van der Waals surface area contributed by atoms with Crippen LogP contribution in [-0.4, -0.2) is 35.6 Å². The number of likely N-dealkylation sites (tertiary alicyclic amines) is 1. The molecule has 0 amide bonds. The van der Waals surface area contributed by atoms with Crippen LogP contribution in [0, 0.1) is 0 Å². The van der Waals surface area contributed by atoms with Crippen molar-refractivity contribution in [3.05, 3.63) is 36.0 Å². The molecule has 0 unspecified atom stereocenters. The summed E-state index contributed by atoms with van der Waals surface area (Å²) in [5.74, 6) is 0. The average molecular weight is 311 g/mol. The predicted molar refractivity (Wildman–Crippen MR) is 96.8 cm³/mol. The van der Waals surface area contributed by atoms with E-state index in [0.717, 1.165) is 13.1 Å². The molecule has 0 radical (unpaired) electrons. The first-order valence-electron chi connectivity index (χ1n) is 9.33. The number of para-hydroxylation sites is 1. The number of aromatic nitrogens is 1. The van der Waals surface area contributed by atoms with Crippen LogP contribution >= 0.6 is 0 Å². The average Bonchev–Trinajstić information content (AvgIpc) is 3.32. The Balaban J connectivity index is 1.68. The fourth-order valence-corrected chi connectivity index (χ4v) is 4.74. The predicted octanol–water partition coefficient (Wildman–Crippen LogP) is 3.51. The van der Waals surface area contributed by atoms with Crippen LogP contribution in [0.3, 0.4) is 0 Å². The molecule has 0 spiro atoms. The third-order valence-corrected chi connectivity index (χ3v) is 6.17. The largest absolute Gasteiger partial charge is 0.346 e. The van der Waals surface area contributed by atoms with Crippen LogP contribution in [0.1, 0.15) is 44.1 Å². The number of nitrogens with two attached hydrogens (primary N) is 1. The number of hydrogen-bond donors (Lipinski definition) is 1. The van der Waals surface area contributed by atoms with E-state index in [9.17, 15) is 0 Å². The van der Waals surface area contributed by atoms with Gasteiger partial charge >= 0.3 is 0 Å². The van der Waals surface area contributed by atoms with Crippen LogP contribution in [0.25, 0.3) is 10.9 Å². The molecule has 4 rings (SSSR count). The number of rotatable bonds is 5. The minimum atomic E-state index is 0.221. The summed E-state index contributed by atoms with van der Waals surface area (Å²) in [7, 11) is 0. The lowest BCUT2D eigenvalue weighted by Crippen LogP contribution is -2.31. The zero-order valence-corrected chi connectivity index (χ0v) is 14.1. The van der Waals surface area contributed by atoms with Gasteiger partial charge in [0.2, 0.25) is 0 Å². The van der Waals surface area contributed by atoms with Gasteiger partial charge in [0.05, 0.1) is 0 Å². The second kappa shape index (κ2) is 6.29. The second-order valence-corrected chi connectivity index (χ2v) is 7.49. The normalized spacial score (nSPS) is 21.4. The monoisotopic (exact) mass is 311 g/mol. The Morgan fingerprint density at radius 3 is 2.43 bits per heavy atom. The molecule has 2 aromatic rings. The van der Waals surface area contributed by atoms with Gasteiger partial charge in [-0.15, -0.1) is 0 Å². The maximum Gasteiger partial charge on any atom is 0.0483 e. The molecule has 2 N–H and O–H groups in total. The van der Waals surface area contributed by atoms with Gasteiger partial charge in [-0.3, -0.25) is 0 Å². The van der Waals surface area contributed by atoms with Gasteiger partial charge in [-0.05, 0) is 50.4 Å². The van der Waals surface area contributed by atoms with Crippen molar-refractivity contribution in [1.29, 1.82) is 0 Å². The molecule has 2 heterocycles. The SMILES string of the molecule is NCC1(c2cn(CCN3CCCC3)c3ccccc23)CCCC1. The Labute approximate surface area is 139 Å². The molecule has 1 aliphatic carbocycles. The molecule has 2 aliphatic rings. The van der Waals surface area contributed by atoms with Crippen molar-refractivity contribution >= 4 is 10.9 Å². The Kier molecular flexibility index (Phi) is 4.16. The summed E-state index contributed by atoms with van der Waals surface area (Å²) in [6.07, 6.45) is 10.3. The highest BCUT2D eigenvalue weighted by molar-refractivity contribution is 5.85. The molecule has 1 saturated heterocycles. The summed E-state index contributed by atoms with van der Waals surface area (Å²) in [5, 5.41) is 1.43. The summed E-state index contributed by atoms with van der Waals surface area (Å²) < 4.78 is 2.48. The molecule has 23 heavy (non-hydrogen) atoms. The van der Waals surface area contributed by atoms with Gasteiger partial charge in [0.1, 0.15) is 0 Å². The minimum Gasteiger partial charge on any atom is -0.346 e. The third-order valence-electron chi connectivity index (χ3n) is 6.17. The number of fused-ring (bicyclic) bond motifs is 1. The lowest BCUT2D eigenvalue weighted by atomic mass is 9.79. The smallest absolute Gasteiger partial charge is 0.0483 e. The first-order chi connectivity index (χ1) is 11.3. The fraction of sp³-hybridized carbons (Fsp3) is 0.600. The van der Waals surface area contributed by atoms with E-state index >= 15 is 0 Å². The molecule has 3 nitrogen and oxygen atoms in total. The molecule has 1 aromatic carbocycles. The molecule has 124 valence electrons. The number of nitrogens with zero attached hydrogens (tertiary/aromatic N) is 2. The van der Waals surface area contributed by atoms with Crippen LogP contribution in [-0.2, 0) is 12.0 Å². The van der Waals surface area contributed by atoms with Crippen molar-refractivity contribution in [2.75, 3.05) is 26.2 Å². The number of hydrogen-bond acceptors (Lipinski definition) is 2. The highest BCUT2D eigenvalue weighted by Gasteiger charge is 2.36. The summed E-state index contributed by atoms with van der Waals surface area (Å²) in [5.41, 5.74) is 9.38.